The van der Waals surface area contributed by atoms with Crippen molar-refractivity contribution in [1.82, 2.24) is 4.90 Å². The third kappa shape index (κ3) is 4.27. The highest BCUT2D eigenvalue weighted by molar-refractivity contribution is 5.76. The van der Waals surface area contributed by atoms with Gasteiger partial charge in [0.25, 0.3) is 0 Å². The lowest BCUT2D eigenvalue weighted by molar-refractivity contribution is -0.132. The third-order valence-corrected chi connectivity index (χ3v) is 3.64. The zero-order valence-electron chi connectivity index (χ0n) is 12.2. The molecule has 0 bridgehead atoms. The molecular formula is C15H22F2N2O. The SMILES string of the molecule is CC(CN)CCC(=O)N(C)C(C)c1cc(F)ccc1F. The summed E-state index contributed by atoms with van der Waals surface area (Å²) in [6.07, 6.45) is 1.05. The first-order valence-electron chi connectivity index (χ1n) is 6.77. The van der Waals surface area contributed by atoms with Gasteiger partial charge in [-0.1, -0.05) is 6.92 Å². The van der Waals surface area contributed by atoms with Crippen molar-refractivity contribution >= 4 is 5.91 Å². The topological polar surface area (TPSA) is 46.3 Å². The molecule has 0 heterocycles. The quantitative estimate of drug-likeness (QED) is 0.873. The van der Waals surface area contributed by atoms with Crippen LogP contribution in [0.5, 0.6) is 0 Å². The number of carbonyl (C=O) groups excluding carboxylic acids is 1. The molecule has 0 aromatic heterocycles. The molecule has 3 nitrogen and oxygen atoms in total. The van der Waals surface area contributed by atoms with Gasteiger partial charge in [0.15, 0.2) is 0 Å². The predicted molar refractivity (Wildman–Crippen MR) is 75.0 cm³/mol. The largest absolute Gasteiger partial charge is 0.339 e. The second-order valence-corrected chi connectivity index (χ2v) is 5.23. The van der Waals surface area contributed by atoms with Crippen molar-refractivity contribution in [2.75, 3.05) is 13.6 Å². The number of rotatable bonds is 6. The monoisotopic (exact) mass is 284 g/mol. The molecule has 0 radical (unpaired) electrons. The van der Waals surface area contributed by atoms with E-state index in [0.717, 1.165) is 18.2 Å². The first-order valence-corrected chi connectivity index (χ1v) is 6.77. The van der Waals surface area contributed by atoms with Gasteiger partial charge in [-0.3, -0.25) is 4.79 Å². The molecule has 1 rings (SSSR count). The molecule has 1 aromatic carbocycles. The fraction of sp³-hybridized carbons (Fsp3) is 0.533. The Bertz CT molecular complexity index is 465. The summed E-state index contributed by atoms with van der Waals surface area (Å²) in [5, 5.41) is 0. The van der Waals surface area contributed by atoms with Crippen LogP contribution in [-0.2, 0) is 4.79 Å². The lowest BCUT2D eigenvalue weighted by Crippen LogP contribution is -2.30. The summed E-state index contributed by atoms with van der Waals surface area (Å²) in [4.78, 5) is 13.5. The van der Waals surface area contributed by atoms with Crippen LogP contribution in [0.15, 0.2) is 18.2 Å². The predicted octanol–water partition coefficient (Wildman–Crippen LogP) is 2.86. The van der Waals surface area contributed by atoms with E-state index in [9.17, 15) is 13.6 Å². The highest BCUT2D eigenvalue weighted by Gasteiger charge is 2.20. The van der Waals surface area contributed by atoms with Gasteiger partial charge in [-0.05, 0) is 44.0 Å². The van der Waals surface area contributed by atoms with E-state index < -0.39 is 17.7 Å². The molecule has 0 saturated carbocycles. The van der Waals surface area contributed by atoms with Gasteiger partial charge in [0.1, 0.15) is 11.6 Å². The Balaban J connectivity index is 2.73. The van der Waals surface area contributed by atoms with Crippen LogP contribution in [0.3, 0.4) is 0 Å². The van der Waals surface area contributed by atoms with E-state index in [1.807, 2.05) is 6.92 Å². The van der Waals surface area contributed by atoms with E-state index in [1.165, 1.54) is 4.90 Å². The minimum Gasteiger partial charge on any atom is -0.339 e. The van der Waals surface area contributed by atoms with Crippen LogP contribution in [0.1, 0.15) is 38.3 Å². The Hall–Kier alpha value is -1.49. The Morgan fingerprint density at radius 1 is 1.35 bits per heavy atom. The van der Waals surface area contributed by atoms with Crippen LogP contribution >= 0.6 is 0 Å². The van der Waals surface area contributed by atoms with Crippen LogP contribution in [0.25, 0.3) is 0 Å². The molecule has 1 aromatic rings. The van der Waals surface area contributed by atoms with Crippen molar-refractivity contribution < 1.29 is 13.6 Å². The molecular weight excluding hydrogens is 262 g/mol. The van der Waals surface area contributed by atoms with Crippen molar-refractivity contribution in [2.45, 2.75) is 32.7 Å². The maximum atomic E-state index is 13.7. The molecule has 112 valence electrons. The van der Waals surface area contributed by atoms with Gasteiger partial charge in [-0.25, -0.2) is 8.78 Å². The Morgan fingerprint density at radius 3 is 2.60 bits per heavy atom. The number of nitrogens with two attached hydrogens (primary N) is 1. The summed E-state index contributed by atoms with van der Waals surface area (Å²) < 4.78 is 26.9. The standard InChI is InChI=1S/C15H22F2N2O/c1-10(9-18)4-7-15(20)19(3)11(2)13-8-12(16)5-6-14(13)17/h5-6,8,10-11H,4,7,9,18H2,1-3H3. The summed E-state index contributed by atoms with van der Waals surface area (Å²) in [7, 11) is 1.60. The average molecular weight is 284 g/mol. The van der Waals surface area contributed by atoms with Crippen molar-refractivity contribution in [3.8, 4) is 0 Å². The average Bonchev–Trinajstić information content (AvgIpc) is 2.45. The summed E-state index contributed by atoms with van der Waals surface area (Å²) >= 11 is 0. The molecule has 2 N–H and O–H groups in total. The van der Waals surface area contributed by atoms with Crippen LogP contribution in [0.2, 0.25) is 0 Å². The molecule has 5 heteroatoms. The molecule has 1 amide bonds. The van der Waals surface area contributed by atoms with Crippen molar-refractivity contribution in [1.29, 1.82) is 0 Å². The summed E-state index contributed by atoms with van der Waals surface area (Å²) in [6, 6.07) is 2.77. The van der Waals surface area contributed by atoms with Crippen LogP contribution < -0.4 is 5.73 Å². The normalized spacial score (nSPS) is 13.9. The van der Waals surface area contributed by atoms with Gasteiger partial charge >= 0.3 is 0 Å². The fourth-order valence-electron chi connectivity index (χ4n) is 1.92. The number of amides is 1. The number of benzene rings is 1. The first-order chi connectivity index (χ1) is 9.36. The van der Waals surface area contributed by atoms with Gasteiger partial charge in [0.2, 0.25) is 5.91 Å². The lowest BCUT2D eigenvalue weighted by Gasteiger charge is -2.26. The molecule has 0 fully saturated rings. The van der Waals surface area contributed by atoms with Gasteiger partial charge in [0, 0.05) is 19.0 Å². The Morgan fingerprint density at radius 2 is 2.00 bits per heavy atom. The van der Waals surface area contributed by atoms with Gasteiger partial charge in [0.05, 0.1) is 6.04 Å². The van der Waals surface area contributed by atoms with Gasteiger partial charge in [-0.2, -0.15) is 0 Å². The van der Waals surface area contributed by atoms with Crippen LogP contribution in [-0.4, -0.2) is 24.4 Å². The molecule has 0 aliphatic rings. The van der Waals surface area contributed by atoms with E-state index in [2.05, 4.69) is 0 Å². The van der Waals surface area contributed by atoms with Crippen LogP contribution in [0.4, 0.5) is 8.78 Å². The van der Waals surface area contributed by atoms with E-state index in [1.54, 1.807) is 14.0 Å². The number of carbonyl (C=O) groups is 1. The molecule has 0 saturated heterocycles. The van der Waals surface area contributed by atoms with Crippen molar-refractivity contribution in [3.05, 3.63) is 35.4 Å². The molecule has 0 aliphatic carbocycles. The second-order valence-electron chi connectivity index (χ2n) is 5.23. The van der Waals surface area contributed by atoms with E-state index in [4.69, 9.17) is 5.73 Å². The summed E-state index contributed by atoms with van der Waals surface area (Å²) in [6.45, 7) is 4.19. The third-order valence-electron chi connectivity index (χ3n) is 3.64. The Labute approximate surface area is 118 Å². The van der Waals surface area contributed by atoms with E-state index >= 15 is 0 Å². The minimum atomic E-state index is -0.508. The number of nitrogens with zero attached hydrogens (tertiary/aromatic N) is 1. The van der Waals surface area contributed by atoms with Crippen molar-refractivity contribution in [2.24, 2.45) is 11.7 Å². The second kappa shape index (κ2) is 7.33. The zero-order chi connectivity index (χ0) is 15.3. The lowest BCUT2D eigenvalue weighted by atomic mass is 10.0. The van der Waals surface area contributed by atoms with E-state index in [0.29, 0.717) is 19.4 Å². The number of hydrogen-bond acceptors (Lipinski definition) is 2. The number of hydrogen-bond donors (Lipinski definition) is 1. The fourth-order valence-corrected chi connectivity index (χ4v) is 1.92. The smallest absolute Gasteiger partial charge is 0.222 e. The maximum Gasteiger partial charge on any atom is 0.222 e. The highest BCUT2D eigenvalue weighted by Crippen LogP contribution is 2.23. The minimum absolute atomic E-state index is 0.0959. The molecule has 0 aliphatic heterocycles. The maximum absolute atomic E-state index is 13.7. The first kappa shape index (κ1) is 16.6. The molecule has 0 spiro atoms. The van der Waals surface area contributed by atoms with Gasteiger partial charge in [-0.15, -0.1) is 0 Å². The highest BCUT2D eigenvalue weighted by atomic mass is 19.1. The number of halogens is 2. The Kier molecular flexibility index (Phi) is 6.07. The molecule has 2 atom stereocenters. The zero-order valence-corrected chi connectivity index (χ0v) is 12.2. The molecule has 20 heavy (non-hydrogen) atoms. The van der Waals surface area contributed by atoms with Crippen molar-refractivity contribution in [3.63, 3.8) is 0 Å². The van der Waals surface area contributed by atoms with E-state index in [-0.39, 0.29) is 17.4 Å². The van der Waals surface area contributed by atoms with Gasteiger partial charge < -0.3 is 10.6 Å². The summed E-state index contributed by atoms with van der Waals surface area (Å²) in [5.74, 6) is -0.838. The summed E-state index contributed by atoms with van der Waals surface area (Å²) in [5.41, 5.74) is 5.69. The molecule has 2 unspecified atom stereocenters. The van der Waals surface area contributed by atoms with Crippen LogP contribution in [0, 0.1) is 17.6 Å².